The Balaban J connectivity index is 1.95. The Kier molecular flexibility index (Phi) is 4.83. The summed E-state index contributed by atoms with van der Waals surface area (Å²) >= 11 is 0. The first-order valence-electron chi connectivity index (χ1n) is 7.41. The van der Waals surface area contributed by atoms with Gasteiger partial charge in [-0.25, -0.2) is 0 Å². The molecule has 0 heterocycles. The molecule has 3 nitrogen and oxygen atoms in total. The number of hydrogen-bond acceptors (Lipinski definition) is 1. The number of rotatable bonds is 5. The number of aliphatic imine (C=N–C) groups is 1. The lowest BCUT2D eigenvalue weighted by molar-refractivity contribution is 0.506. The van der Waals surface area contributed by atoms with Crippen molar-refractivity contribution >= 4 is 11.6 Å². The Hall–Kier alpha value is -1.51. The topological polar surface area (TPSA) is 50.4 Å². The maximum atomic E-state index is 5.95. The van der Waals surface area contributed by atoms with Crippen LogP contribution in [0.1, 0.15) is 44.2 Å². The smallest absolute Gasteiger partial charge is 0.193 e. The third-order valence-corrected chi connectivity index (χ3v) is 4.05. The van der Waals surface area contributed by atoms with E-state index < -0.39 is 0 Å². The molecule has 1 aliphatic carbocycles. The fraction of sp³-hybridized carbons (Fsp3) is 0.562. The van der Waals surface area contributed by atoms with Crippen LogP contribution in [0.3, 0.4) is 0 Å². The van der Waals surface area contributed by atoms with Crippen molar-refractivity contribution < 1.29 is 0 Å². The normalized spacial score (nSPS) is 14.8. The first-order valence-corrected chi connectivity index (χ1v) is 7.41. The summed E-state index contributed by atoms with van der Waals surface area (Å²) < 4.78 is 0. The van der Waals surface area contributed by atoms with Crippen LogP contribution in [-0.2, 0) is 12.8 Å². The fourth-order valence-corrected chi connectivity index (χ4v) is 2.61. The number of nitrogens with zero attached hydrogens (tertiary/aromatic N) is 1. The quantitative estimate of drug-likeness (QED) is 0.629. The highest BCUT2D eigenvalue weighted by molar-refractivity contribution is 5.92. The third-order valence-electron chi connectivity index (χ3n) is 4.05. The van der Waals surface area contributed by atoms with Gasteiger partial charge in [0.05, 0.1) is 0 Å². The van der Waals surface area contributed by atoms with Crippen molar-refractivity contribution in [2.75, 3.05) is 11.9 Å². The van der Waals surface area contributed by atoms with Crippen molar-refractivity contribution in [2.45, 2.75) is 46.0 Å². The average molecular weight is 259 g/mol. The number of hydrogen-bond donors (Lipinski definition) is 2. The third kappa shape index (κ3) is 3.72. The summed E-state index contributed by atoms with van der Waals surface area (Å²) in [5.74, 6) is 1.17. The Morgan fingerprint density at radius 1 is 1.26 bits per heavy atom. The Labute approximate surface area is 116 Å². The molecule has 0 radical (unpaired) electrons. The zero-order valence-corrected chi connectivity index (χ0v) is 12.1. The molecule has 0 fully saturated rings. The van der Waals surface area contributed by atoms with E-state index in [1.807, 2.05) is 0 Å². The van der Waals surface area contributed by atoms with Crippen LogP contribution in [-0.4, -0.2) is 12.5 Å². The lowest BCUT2D eigenvalue weighted by Crippen LogP contribution is -2.23. The highest BCUT2D eigenvalue weighted by Gasteiger charge is 2.10. The van der Waals surface area contributed by atoms with Gasteiger partial charge in [0.15, 0.2) is 5.96 Å². The van der Waals surface area contributed by atoms with Crippen LogP contribution in [0.25, 0.3) is 0 Å². The first kappa shape index (κ1) is 13.9. The van der Waals surface area contributed by atoms with E-state index in [1.54, 1.807) is 0 Å². The standard InChI is InChI=1S/C16H25N3/c1-3-12(4-2)11-18-16(17)19-15-9-8-13-6-5-7-14(13)10-15/h8-10,12H,3-7,11H2,1-2H3,(H3,17,18,19). The van der Waals surface area contributed by atoms with Crippen LogP contribution in [0, 0.1) is 5.92 Å². The second kappa shape index (κ2) is 6.60. The summed E-state index contributed by atoms with van der Waals surface area (Å²) in [4.78, 5) is 4.44. The largest absolute Gasteiger partial charge is 0.370 e. The molecule has 3 N–H and O–H groups in total. The van der Waals surface area contributed by atoms with E-state index in [0.717, 1.165) is 25.1 Å². The molecule has 1 aromatic rings. The lowest BCUT2D eigenvalue weighted by atomic mass is 10.0. The molecule has 0 spiro atoms. The van der Waals surface area contributed by atoms with Crippen molar-refractivity contribution in [3.8, 4) is 0 Å². The molecule has 0 saturated carbocycles. The molecule has 0 amide bonds. The van der Waals surface area contributed by atoms with E-state index in [1.165, 1.54) is 30.4 Å². The monoisotopic (exact) mass is 259 g/mol. The van der Waals surface area contributed by atoms with Gasteiger partial charge in [0, 0.05) is 12.2 Å². The summed E-state index contributed by atoms with van der Waals surface area (Å²) in [5, 5.41) is 3.20. The van der Waals surface area contributed by atoms with Gasteiger partial charge in [-0.3, -0.25) is 4.99 Å². The van der Waals surface area contributed by atoms with E-state index >= 15 is 0 Å². The number of guanidine groups is 1. The van der Waals surface area contributed by atoms with E-state index in [-0.39, 0.29) is 0 Å². The van der Waals surface area contributed by atoms with Gasteiger partial charge in [-0.2, -0.15) is 0 Å². The molecule has 2 rings (SSSR count). The molecule has 0 bridgehead atoms. The minimum atomic E-state index is 0.532. The van der Waals surface area contributed by atoms with Crippen molar-refractivity contribution in [1.29, 1.82) is 0 Å². The highest BCUT2D eigenvalue weighted by atomic mass is 15.1. The lowest BCUT2D eigenvalue weighted by Gasteiger charge is -2.11. The van der Waals surface area contributed by atoms with Crippen LogP contribution in [0.4, 0.5) is 5.69 Å². The molecule has 19 heavy (non-hydrogen) atoms. The molecule has 0 unspecified atom stereocenters. The Morgan fingerprint density at radius 2 is 2.00 bits per heavy atom. The first-order chi connectivity index (χ1) is 9.22. The van der Waals surface area contributed by atoms with E-state index in [2.05, 4.69) is 42.4 Å². The second-order valence-corrected chi connectivity index (χ2v) is 5.37. The van der Waals surface area contributed by atoms with Crippen LogP contribution in [0.5, 0.6) is 0 Å². The zero-order chi connectivity index (χ0) is 13.7. The molecule has 0 saturated heterocycles. The molecule has 0 atom stereocenters. The van der Waals surface area contributed by atoms with Gasteiger partial charge < -0.3 is 11.1 Å². The number of fused-ring (bicyclic) bond motifs is 1. The van der Waals surface area contributed by atoms with Gasteiger partial charge in [0.2, 0.25) is 0 Å². The predicted octanol–water partition coefficient (Wildman–Crippen LogP) is 3.34. The van der Waals surface area contributed by atoms with E-state index in [9.17, 15) is 0 Å². The van der Waals surface area contributed by atoms with Crippen LogP contribution >= 0.6 is 0 Å². The Bertz CT molecular complexity index is 447. The summed E-state index contributed by atoms with van der Waals surface area (Å²) in [5.41, 5.74) is 9.95. The molecule has 0 aliphatic heterocycles. The summed E-state index contributed by atoms with van der Waals surface area (Å²) in [7, 11) is 0. The van der Waals surface area contributed by atoms with Crippen LogP contribution in [0.15, 0.2) is 23.2 Å². The van der Waals surface area contributed by atoms with Gasteiger partial charge >= 0.3 is 0 Å². The number of anilines is 1. The molecule has 3 heteroatoms. The van der Waals surface area contributed by atoms with Gasteiger partial charge in [-0.05, 0) is 48.4 Å². The zero-order valence-electron chi connectivity index (χ0n) is 12.1. The maximum Gasteiger partial charge on any atom is 0.193 e. The minimum absolute atomic E-state index is 0.532. The summed E-state index contributed by atoms with van der Waals surface area (Å²) in [6.45, 7) is 5.22. The Morgan fingerprint density at radius 3 is 2.74 bits per heavy atom. The van der Waals surface area contributed by atoms with Crippen LogP contribution < -0.4 is 11.1 Å². The predicted molar refractivity (Wildman–Crippen MR) is 82.7 cm³/mol. The van der Waals surface area contributed by atoms with Crippen molar-refractivity contribution in [3.63, 3.8) is 0 Å². The van der Waals surface area contributed by atoms with E-state index in [0.29, 0.717) is 11.9 Å². The molecule has 1 aromatic carbocycles. The van der Waals surface area contributed by atoms with Crippen LogP contribution in [0.2, 0.25) is 0 Å². The van der Waals surface area contributed by atoms with Gasteiger partial charge in [-0.1, -0.05) is 32.8 Å². The van der Waals surface area contributed by atoms with Gasteiger partial charge in [0.25, 0.3) is 0 Å². The van der Waals surface area contributed by atoms with Gasteiger partial charge in [0.1, 0.15) is 0 Å². The second-order valence-electron chi connectivity index (χ2n) is 5.37. The van der Waals surface area contributed by atoms with Crippen molar-refractivity contribution in [2.24, 2.45) is 16.6 Å². The minimum Gasteiger partial charge on any atom is -0.370 e. The SMILES string of the molecule is CCC(CC)CN=C(N)Nc1ccc2c(c1)CCC2. The van der Waals surface area contributed by atoms with E-state index in [4.69, 9.17) is 5.73 Å². The molecule has 1 aliphatic rings. The average Bonchev–Trinajstić information content (AvgIpc) is 2.87. The number of aryl methyl sites for hydroxylation is 2. The molecule has 104 valence electrons. The van der Waals surface area contributed by atoms with Gasteiger partial charge in [-0.15, -0.1) is 0 Å². The maximum absolute atomic E-state index is 5.95. The molecular weight excluding hydrogens is 234 g/mol. The summed E-state index contributed by atoms with van der Waals surface area (Å²) in [6.07, 6.45) is 6.00. The summed E-state index contributed by atoms with van der Waals surface area (Å²) in [6, 6.07) is 6.52. The van der Waals surface area contributed by atoms with Crippen molar-refractivity contribution in [1.82, 2.24) is 0 Å². The van der Waals surface area contributed by atoms with Crippen molar-refractivity contribution in [3.05, 3.63) is 29.3 Å². The fourth-order valence-electron chi connectivity index (χ4n) is 2.61. The number of nitrogens with two attached hydrogens (primary N) is 1. The molecule has 0 aromatic heterocycles. The number of nitrogens with one attached hydrogen (secondary N) is 1. The number of benzene rings is 1. The highest BCUT2D eigenvalue weighted by Crippen LogP contribution is 2.24. The molecular formula is C16H25N3.